The second-order valence-electron chi connectivity index (χ2n) is 5.09. The number of aliphatic hydroxyl groups is 1. The van der Waals surface area contributed by atoms with Gasteiger partial charge in [-0.05, 0) is 6.07 Å². The number of benzene rings is 1. The average Bonchev–Trinajstić information content (AvgIpc) is 2.49. The van der Waals surface area contributed by atoms with Crippen LogP contribution in [0.4, 0.5) is 5.69 Å². The van der Waals surface area contributed by atoms with E-state index >= 15 is 0 Å². The van der Waals surface area contributed by atoms with Crippen LogP contribution in [0.25, 0.3) is 0 Å². The Hall–Kier alpha value is -1.70. The number of rotatable bonds is 6. The number of nitro groups is 1. The van der Waals surface area contributed by atoms with Gasteiger partial charge in [0.25, 0.3) is 5.69 Å². The summed E-state index contributed by atoms with van der Waals surface area (Å²) < 4.78 is 5.29. The van der Waals surface area contributed by atoms with Crippen molar-refractivity contribution in [2.45, 2.75) is 6.54 Å². The molecule has 7 nitrogen and oxygen atoms in total. The lowest BCUT2D eigenvalue weighted by atomic mass is 10.1. The molecule has 0 atom stereocenters. The summed E-state index contributed by atoms with van der Waals surface area (Å²) in [5.74, 6) is 0.679. The van der Waals surface area contributed by atoms with Crippen LogP contribution in [0.1, 0.15) is 5.56 Å². The van der Waals surface area contributed by atoms with Crippen molar-refractivity contribution in [2.75, 3.05) is 46.4 Å². The van der Waals surface area contributed by atoms with Gasteiger partial charge in [-0.15, -0.1) is 0 Å². The third kappa shape index (κ3) is 4.13. The largest absolute Gasteiger partial charge is 0.496 e. The molecule has 1 aliphatic rings. The number of β-amino-alcohol motifs (C(OH)–C–C–N with tert-alkyl or cyclic N) is 1. The zero-order valence-corrected chi connectivity index (χ0v) is 12.2. The summed E-state index contributed by atoms with van der Waals surface area (Å²) in [6, 6.07) is 4.69. The number of piperazine rings is 1. The summed E-state index contributed by atoms with van der Waals surface area (Å²) >= 11 is 0. The zero-order chi connectivity index (χ0) is 15.2. The molecule has 0 amide bonds. The highest BCUT2D eigenvalue weighted by Gasteiger charge is 2.19. The van der Waals surface area contributed by atoms with Gasteiger partial charge in [-0.2, -0.15) is 0 Å². The Morgan fingerprint density at radius 3 is 2.52 bits per heavy atom. The van der Waals surface area contributed by atoms with E-state index in [0.29, 0.717) is 18.8 Å². The van der Waals surface area contributed by atoms with E-state index in [0.717, 1.165) is 31.7 Å². The summed E-state index contributed by atoms with van der Waals surface area (Å²) in [7, 11) is 1.57. The molecule has 0 aliphatic carbocycles. The smallest absolute Gasteiger partial charge is 0.270 e. The molecular weight excluding hydrogens is 274 g/mol. The highest BCUT2D eigenvalue weighted by Crippen LogP contribution is 2.25. The summed E-state index contributed by atoms with van der Waals surface area (Å²) in [4.78, 5) is 14.9. The highest BCUT2D eigenvalue weighted by molar-refractivity contribution is 5.43. The fraction of sp³-hybridized carbons (Fsp3) is 0.571. The summed E-state index contributed by atoms with van der Waals surface area (Å²) in [5.41, 5.74) is 0.923. The first-order valence-corrected chi connectivity index (χ1v) is 7.01. The number of hydrogen-bond donors (Lipinski definition) is 1. The number of ether oxygens (including phenoxy) is 1. The molecule has 0 spiro atoms. The van der Waals surface area contributed by atoms with E-state index < -0.39 is 0 Å². The molecule has 1 aromatic rings. The first-order chi connectivity index (χ1) is 10.1. The molecule has 1 fully saturated rings. The minimum absolute atomic E-state index is 0.0877. The van der Waals surface area contributed by atoms with Gasteiger partial charge in [-0.3, -0.25) is 19.9 Å². The Morgan fingerprint density at radius 1 is 1.29 bits per heavy atom. The van der Waals surface area contributed by atoms with Crippen molar-refractivity contribution in [3.8, 4) is 5.75 Å². The van der Waals surface area contributed by atoms with E-state index in [2.05, 4.69) is 9.80 Å². The lowest BCUT2D eigenvalue weighted by molar-refractivity contribution is -0.385. The van der Waals surface area contributed by atoms with Gasteiger partial charge in [-0.1, -0.05) is 0 Å². The van der Waals surface area contributed by atoms with Gasteiger partial charge in [0.15, 0.2) is 0 Å². The van der Waals surface area contributed by atoms with E-state index in [9.17, 15) is 10.1 Å². The molecule has 21 heavy (non-hydrogen) atoms. The molecule has 0 bridgehead atoms. The molecule has 0 aromatic heterocycles. The molecule has 0 saturated carbocycles. The Kier molecular flexibility index (Phi) is 5.49. The SMILES string of the molecule is COc1ccc([N+](=O)[O-])cc1CN1CCN(CCO)CC1. The molecule has 1 N–H and O–H groups in total. The van der Waals surface area contributed by atoms with Crippen molar-refractivity contribution in [1.82, 2.24) is 9.80 Å². The molecular formula is C14H21N3O4. The monoisotopic (exact) mass is 295 g/mol. The first-order valence-electron chi connectivity index (χ1n) is 7.01. The lowest BCUT2D eigenvalue weighted by Gasteiger charge is -2.34. The summed E-state index contributed by atoms with van der Waals surface area (Å²) in [6.45, 7) is 5.08. The van der Waals surface area contributed by atoms with Gasteiger partial charge in [0.05, 0.1) is 18.6 Å². The van der Waals surface area contributed by atoms with E-state index in [-0.39, 0.29) is 17.2 Å². The number of methoxy groups -OCH3 is 1. The van der Waals surface area contributed by atoms with Crippen molar-refractivity contribution in [3.05, 3.63) is 33.9 Å². The van der Waals surface area contributed by atoms with Crippen LogP contribution < -0.4 is 4.74 Å². The van der Waals surface area contributed by atoms with Crippen LogP contribution in [0.2, 0.25) is 0 Å². The molecule has 116 valence electrons. The first kappa shape index (κ1) is 15.7. The van der Waals surface area contributed by atoms with Crippen molar-refractivity contribution in [3.63, 3.8) is 0 Å². The predicted molar refractivity (Wildman–Crippen MR) is 78.5 cm³/mol. The highest BCUT2D eigenvalue weighted by atomic mass is 16.6. The molecule has 7 heteroatoms. The minimum atomic E-state index is -0.387. The maximum atomic E-state index is 10.9. The maximum Gasteiger partial charge on any atom is 0.270 e. The molecule has 1 aliphatic heterocycles. The van der Waals surface area contributed by atoms with Crippen molar-refractivity contribution >= 4 is 5.69 Å². The van der Waals surface area contributed by atoms with Crippen LogP contribution in [-0.2, 0) is 6.54 Å². The van der Waals surface area contributed by atoms with Crippen LogP contribution in [-0.4, -0.2) is 66.3 Å². The molecule has 1 aromatic carbocycles. The second kappa shape index (κ2) is 7.35. The van der Waals surface area contributed by atoms with Crippen LogP contribution in [0.3, 0.4) is 0 Å². The third-order valence-electron chi connectivity index (χ3n) is 3.75. The topological polar surface area (TPSA) is 79.1 Å². The minimum Gasteiger partial charge on any atom is -0.496 e. The Bertz CT molecular complexity index is 487. The maximum absolute atomic E-state index is 10.9. The molecule has 2 rings (SSSR count). The van der Waals surface area contributed by atoms with Gasteiger partial charge >= 0.3 is 0 Å². The zero-order valence-electron chi connectivity index (χ0n) is 12.2. The van der Waals surface area contributed by atoms with Crippen LogP contribution in [0, 0.1) is 10.1 Å². The number of aliphatic hydroxyl groups excluding tert-OH is 1. The van der Waals surface area contributed by atoms with E-state index in [1.54, 1.807) is 19.2 Å². The van der Waals surface area contributed by atoms with Crippen LogP contribution in [0.5, 0.6) is 5.75 Å². The standard InChI is InChI=1S/C14H21N3O4/c1-21-14-3-2-13(17(19)20)10-12(14)11-16-6-4-15(5-7-16)8-9-18/h2-3,10,18H,4-9,11H2,1H3. The quantitative estimate of drug-likeness (QED) is 0.615. The van der Waals surface area contributed by atoms with E-state index in [4.69, 9.17) is 9.84 Å². The predicted octanol–water partition coefficient (Wildman–Crippen LogP) is 0.713. The number of hydrogen-bond acceptors (Lipinski definition) is 6. The molecule has 0 unspecified atom stereocenters. The van der Waals surface area contributed by atoms with Gasteiger partial charge in [0.2, 0.25) is 0 Å². The number of non-ortho nitro benzene ring substituents is 1. The van der Waals surface area contributed by atoms with E-state index in [1.165, 1.54) is 6.07 Å². The number of nitrogens with zero attached hydrogens (tertiary/aromatic N) is 3. The van der Waals surface area contributed by atoms with Crippen LogP contribution >= 0.6 is 0 Å². The van der Waals surface area contributed by atoms with E-state index in [1.807, 2.05) is 0 Å². The normalized spacial score (nSPS) is 16.9. The fourth-order valence-electron chi connectivity index (χ4n) is 2.56. The third-order valence-corrected chi connectivity index (χ3v) is 3.75. The Balaban J connectivity index is 2.02. The van der Waals surface area contributed by atoms with Gasteiger partial charge < -0.3 is 9.84 Å². The van der Waals surface area contributed by atoms with Crippen molar-refractivity contribution in [2.24, 2.45) is 0 Å². The molecule has 1 saturated heterocycles. The Labute approximate surface area is 123 Å². The van der Waals surface area contributed by atoms with Crippen molar-refractivity contribution < 1.29 is 14.8 Å². The van der Waals surface area contributed by atoms with Crippen LogP contribution in [0.15, 0.2) is 18.2 Å². The van der Waals surface area contributed by atoms with Gasteiger partial charge in [-0.25, -0.2) is 0 Å². The summed E-state index contributed by atoms with van der Waals surface area (Å²) in [5, 5.41) is 19.8. The molecule has 1 heterocycles. The summed E-state index contributed by atoms with van der Waals surface area (Å²) in [6.07, 6.45) is 0. The Morgan fingerprint density at radius 2 is 1.95 bits per heavy atom. The van der Waals surface area contributed by atoms with Crippen molar-refractivity contribution in [1.29, 1.82) is 0 Å². The number of nitro benzene ring substituents is 1. The lowest BCUT2D eigenvalue weighted by Crippen LogP contribution is -2.46. The second-order valence-corrected chi connectivity index (χ2v) is 5.09. The molecule has 0 radical (unpaired) electrons. The van der Waals surface area contributed by atoms with Gasteiger partial charge in [0, 0.05) is 57.0 Å². The average molecular weight is 295 g/mol. The fourth-order valence-corrected chi connectivity index (χ4v) is 2.56. The van der Waals surface area contributed by atoms with Gasteiger partial charge in [0.1, 0.15) is 5.75 Å².